The van der Waals surface area contributed by atoms with Crippen molar-refractivity contribution in [2.24, 2.45) is 0 Å². The Kier molecular flexibility index (Phi) is 11.0. The van der Waals surface area contributed by atoms with Crippen LogP contribution < -0.4 is 19.5 Å². The van der Waals surface area contributed by atoms with Gasteiger partial charge in [-0.1, -0.05) is 48.5 Å². The van der Waals surface area contributed by atoms with Gasteiger partial charge in [-0.05, 0) is 80.1 Å². The van der Waals surface area contributed by atoms with Crippen molar-refractivity contribution in [3.8, 4) is 11.5 Å². The molecule has 0 unspecified atom stereocenters. The van der Waals surface area contributed by atoms with Crippen LogP contribution in [0, 0.1) is 6.92 Å². The lowest BCUT2D eigenvalue weighted by molar-refractivity contribution is -0.119. The summed E-state index contributed by atoms with van der Waals surface area (Å²) in [6.45, 7) is 3.64. The molecule has 3 aromatic carbocycles. The zero-order valence-electron chi connectivity index (χ0n) is 21.5. The van der Waals surface area contributed by atoms with E-state index in [1.54, 1.807) is 12.1 Å². The second kappa shape index (κ2) is 14.4. The van der Waals surface area contributed by atoms with E-state index in [0.717, 1.165) is 43.5 Å². The first-order chi connectivity index (χ1) is 17.9. The van der Waals surface area contributed by atoms with Crippen molar-refractivity contribution in [3.05, 3.63) is 89.5 Å². The van der Waals surface area contributed by atoms with Gasteiger partial charge in [0.2, 0.25) is 5.91 Å². The van der Waals surface area contributed by atoms with E-state index in [2.05, 4.69) is 46.4 Å². The van der Waals surface area contributed by atoms with Crippen LogP contribution in [-0.4, -0.2) is 41.1 Å². The summed E-state index contributed by atoms with van der Waals surface area (Å²) >= 11 is 0. The van der Waals surface area contributed by atoms with Crippen molar-refractivity contribution in [2.75, 3.05) is 26.8 Å². The lowest BCUT2D eigenvalue weighted by Crippen LogP contribution is -2.33. The normalized spacial score (nSPS) is 11.2. The molecule has 198 valence electrons. The second-order valence-corrected chi connectivity index (χ2v) is 10.5. The molecule has 0 saturated carbocycles. The maximum Gasteiger partial charge on any atom is 0.267 e. The summed E-state index contributed by atoms with van der Waals surface area (Å²) < 4.78 is 38.2. The van der Waals surface area contributed by atoms with Gasteiger partial charge in [-0.2, -0.15) is 0 Å². The number of nitrogens with one attached hydrogen (secondary N) is 2. The quantitative estimate of drug-likeness (QED) is 0.286. The van der Waals surface area contributed by atoms with E-state index in [1.165, 1.54) is 24.3 Å². The number of hydrogen-bond donors (Lipinski definition) is 2. The molecule has 0 radical (unpaired) electrons. The predicted molar refractivity (Wildman–Crippen MR) is 146 cm³/mol. The predicted octanol–water partition coefficient (Wildman–Crippen LogP) is 4.43. The molecule has 8 heteroatoms. The summed E-state index contributed by atoms with van der Waals surface area (Å²) in [6.07, 6.45) is 3.84. The number of methoxy groups -OCH3 is 1. The first kappa shape index (κ1) is 28.2. The number of ether oxygens (including phenoxy) is 2. The van der Waals surface area contributed by atoms with Gasteiger partial charge in [-0.15, -0.1) is 0 Å². The van der Waals surface area contributed by atoms with Crippen LogP contribution in [0.2, 0.25) is 0 Å². The first-order valence-electron chi connectivity index (χ1n) is 12.5. The molecule has 2 N–H and O–H groups in total. The molecule has 0 atom stereocenters. The summed E-state index contributed by atoms with van der Waals surface area (Å²) in [5, 5.41) is 3.20. The zero-order valence-corrected chi connectivity index (χ0v) is 22.4. The highest BCUT2D eigenvalue weighted by molar-refractivity contribution is 7.90. The lowest BCUT2D eigenvalue weighted by atomic mass is 10.1. The zero-order chi connectivity index (χ0) is 26.5. The molecule has 3 aromatic rings. The minimum absolute atomic E-state index is 0.0505. The van der Waals surface area contributed by atoms with E-state index in [4.69, 9.17) is 9.47 Å². The Labute approximate surface area is 220 Å². The molecule has 3 rings (SSSR count). The number of sulfonamides is 1. The molecular weight excluding hydrogens is 488 g/mol. The molecule has 37 heavy (non-hydrogen) atoms. The molecule has 0 fully saturated rings. The van der Waals surface area contributed by atoms with Gasteiger partial charge in [0.25, 0.3) is 10.0 Å². The lowest BCUT2D eigenvalue weighted by Gasteiger charge is -2.11. The maximum absolute atomic E-state index is 12.5. The van der Waals surface area contributed by atoms with Crippen molar-refractivity contribution in [3.63, 3.8) is 0 Å². The summed E-state index contributed by atoms with van der Waals surface area (Å²) in [4.78, 5) is 12.1. The molecule has 0 saturated heterocycles. The van der Waals surface area contributed by atoms with E-state index in [-0.39, 0.29) is 17.1 Å². The van der Waals surface area contributed by atoms with Crippen LogP contribution in [0.5, 0.6) is 11.5 Å². The molecule has 0 heterocycles. The summed E-state index contributed by atoms with van der Waals surface area (Å²) in [6, 6.07) is 23.3. The molecule has 0 aliphatic carbocycles. The fourth-order valence-electron chi connectivity index (χ4n) is 3.86. The number of aryl methyl sites for hydroxylation is 3. The van der Waals surface area contributed by atoms with Crippen LogP contribution >= 0.6 is 0 Å². The summed E-state index contributed by atoms with van der Waals surface area (Å²) in [5.74, 6) is 0.523. The molecule has 1 amide bonds. The van der Waals surface area contributed by atoms with E-state index >= 15 is 0 Å². The van der Waals surface area contributed by atoms with Gasteiger partial charge in [0.15, 0.2) is 0 Å². The van der Waals surface area contributed by atoms with Crippen molar-refractivity contribution in [1.82, 2.24) is 10.0 Å². The SMILES string of the molecule is COc1cc(C)ccc1S(=O)(=O)NC(=O)CCNCCCc1ccc(OCCCc2ccccc2)cc1. The Morgan fingerprint density at radius 2 is 1.57 bits per heavy atom. The van der Waals surface area contributed by atoms with Gasteiger partial charge in [-0.25, -0.2) is 13.1 Å². The number of hydrogen-bond acceptors (Lipinski definition) is 6. The molecule has 7 nitrogen and oxygen atoms in total. The molecular formula is C29H36N2O5S. The minimum Gasteiger partial charge on any atom is -0.495 e. The highest BCUT2D eigenvalue weighted by Crippen LogP contribution is 2.24. The van der Waals surface area contributed by atoms with Crippen molar-refractivity contribution in [2.45, 2.75) is 43.9 Å². The highest BCUT2D eigenvalue weighted by Gasteiger charge is 2.21. The van der Waals surface area contributed by atoms with Gasteiger partial charge in [-0.3, -0.25) is 4.79 Å². The van der Waals surface area contributed by atoms with Crippen molar-refractivity contribution >= 4 is 15.9 Å². The average molecular weight is 525 g/mol. The number of benzene rings is 3. The number of carbonyl (C=O) groups excluding carboxylic acids is 1. The van der Waals surface area contributed by atoms with Crippen molar-refractivity contribution in [1.29, 1.82) is 0 Å². The van der Waals surface area contributed by atoms with Crippen LogP contribution in [0.4, 0.5) is 0 Å². The van der Waals surface area contributed by atoms with Crippen LogP contribution in [0.1, 0.15) is 36.0 Å². The van der Waals surface area contributed by atoms with E-state index in [1.807, 2.05) is 25.1 Å². The molecule has 0 aromatic heterocycles. The van der Waals surface area contributed by atoms with Gasteiger partial charge < -0.3 is 14.8 Å². The van der Waals surface area contributed by atoms with Crippen molar-refractivity contribution < 1.29 is 22.7 Å². The molecule has 0 aliphatic rings. The van der Waals surface area contributed by atoms with Crippen LogP contribution in [-0.2, 0) is 27.7 Å². The molecule has 0 bridgehead atoms. The van der Waals surface area contributed by atoms with Gasteiger partial charge in [0.1, 0.15) is 16.4 Å². The van der Waals surface area contributed by atoms with Gasteiger partial charge in [0.05, 0.1) is 13.7 Å². The average Bonchev–Trinajstić information content (AvgIpc) is 2.89. The molecule has 0 spiro atoms. The van der Waals surface area contributed by atoms with Gasteiger partial charge >= 0.3 is 0 Å². The minimum atomic E-state index is -3.99. The Hall–Kier alpha value is -3.36. The molecule has 0 aliphatic heterocycles. The topological polar surface area (TPSA) is 93.7 Å². The third-order valence-electron chi connectivity index (χ3n) is 5.85. The number of rotatable bonds is 15. The summed E-state index contributed by atoms with van der Waals surface area (Å²) in [7, 11) is -2.59. The largest absolute Gasteiger partial charge is 0.495 e. The highest BCUT2D eigenvalue weighted by atomic mass is 32.2. The Morgan fingerprint density at radius 3 is 2.30 bits per heavy atom. The maximum atomic E-state index is 12.5. The second-order valence-electron chi connectivity index (χ2n) is 8.87. The first-order valence-corrected chi connectivity index (χ1v) is 14.0. The fraction of sp³-hybridized carbons (Fsp3) is 0.345. The smallest absolute Gasteiger partial charge is 0.267 e. The van der Waals surface area contributed by atoms with E-state index in [0.29, 0.717) is 13.2 Å². The monoisotopic (exact) mass is 524 g/mol. The van der Waals surface area contributed by atoms with Crippen LogP contribution in [0.15, 0.2) is 77.7 Å². The standard InChI is InChI=1S/C29H36N2O5S/c1-23-12-17-28(27(22-23)35-2)37(33,34)31-29(32)18-20-30-19-6-10-25-13-15-26(16-14-25)36-21-7-11-24-8-4-3-5-9-24/h3-5,8-9,12-17,22,30H,6-7,10-11,18-21H2,1-2H3,(H,31,32). The number of carbonyl (C=O) groups is 1. The van der Waals surface area contributed by atoms with E-state index in [9.17, 15) is 13.2 Å². The van der Waals surface area contributed by atoms with E-state index < -0.39 is 15.9 Å². The van der Waals surface area contributed by atoms with Gasteiger partial charge in [0, 0.05) is 13.0 Å². The van der Waals surface area contributed by atoms with Crippen LogP contribution in [0.3, 0.4) is 0 Å². The Bertz CT molecular complexity index is 1230. The summed E-state index contributed by atoms with van der Waals surface area (Å²) in [5.41, 5.74) is 3.41. The third-order valence-corrected chi connectivity index (χ3v) is 7.26. The third kappa shape index (κ3) is 9.55. The Balaban J connectivity index is 1.28. The van der Waals surface area contributed by atoms with Crippen LogP contribution in [0.25, 0.3) is 0 Å². The Morgan fingerprint density at radius 1 is 0.865 bits per heavy atom. The fourth-order valence-corrected chi connectivity index (χ4v) is 5.03. The number of amides is 1.